The van der Waals surface area contributed by atoms with Crippen LogP contribution in [0.15, 0.2) is 45.3 Å². The van der Waals surface area contributed by atoms with Gasteiger partial charge in [-0.25, -0.2) is 4.98 Å². The fraction of sp³-hybridized carbons (Fsp3) is 0.222. The minimum Gasteiger partial charge on any atom is -0.337 e. The maximum atomic E-state index is 13.0. The number of aryl methyl sites for hydroxylation is 2. The Morgan fingerprint density at radius 1 is 1.24 bits per heavy atom. The minimum atomic E-state index is -0.0990. The molecule has 1 aromatic carbocycles. The Balaban J connectivity index is 1.80. The number of rotatable bonds is 4. The molecule has 6 nitrogen and oxygen atoms in total. The van der Waals surface area contributed by atoms with E-state index in [1.54, 1.807) is 0 Å². The zero-order valence-corrected chi connectivity index (χ0v) is 14.7. The normalized spacial score (nSPS) is 11.3. The summed E-state index contributed by atoms with van der Waals surface area (Å²) in [7, 11) is 0. The monoisotopic (exact) mass is 352 g/mol. The predicted octanol–water partition coefficient (Wildman–Crippen LogP) is 3.43. The molecular formula is C18H16N4O2S. The van der Waals surface area contributed by atoms with E-state index in [-0.39, 0.29) is 12.1 Å². The van der Waals surface area contributed by atoms with Crippen LogP contribution < -0.4 is 5.56 Å². The van der Waals surface area contributed by atoms with E-state index in [1.165, 1.54) is 27.8 Å². The third-order valence-corrected chi connectivity index (χ3v) is 4.94. The van der Waals surface area contributed by atoms with E-state index in [0.717, 1.165) is 16.0 Å². The molecule has 0 unspecified atom stereocenters. The summed E-state index contributed by atoms with van der Waals surface area (Å²) in [6, 6.07) is 8.13. The van der Waals surface area contributed by atoms with Crippen LogP contribution in [0.5, 0.6) is 0 Å². The number of hydrogen-bond acceptors (Lipinski definition) is 6. The molecule has 3 heterocycles. The second-order valence-corrected chi connectivity index (χ2v) is 6.69. The molecule has 0 aliphatic carbocycles. The van der Waals surface area contributed by atoms with Crippen molar-refractivity contribution in [3.05, 3.63) is 63.6 Å². The zero-order valence-electron chi connectivity index (χ0n) is 13.9. The number of hydrogen-bond donors (Lipinski definition) is 0. The van der Waals surface area contributed by atoms with Crippen LogP contribution in [-0.4, -0.2) is 19.7 Å². The highest BCUT2D eigenvalue weighted by atomic mass is 32.1. The molecule has 0 saturated carbocycles. The fourth-order valence-electron chi connectivity index (χ4n) is 2.67. The zero-order chi connectivity index (χ0) is 17.4. The maximum absolute atomic E-state index is 13.0. The van der Waals surface area contributed by atoms with E-state index in [4.69, 9.17) is 4.52 Å². The Hall–Kier alpha value is -2.80. The van der Waals surface area contributed by atoms with Crippen LogP contribution in [0.2, 0.25) is 0 Å². The van der Waals surface area contributed by atoms with Crippen LogP contribution in [0.4, 0.5) is 0 Å². The molecule has 4 aromatic rings. The lowest BCUT2D eigenvalue weighted by molar-refractivity contribution is 0.365. The Morgan fingerprint density at radius 3 is 2.76 bits per heavy atom. The summed E-state index contributed by atoms with van der Waals surface area (Å²) >= 11 is 1.47. The first-order valence-corrected chi connectivity index (χ1v) is 8.89. The average molecular weight is 352 g/mol. The van der Waals surface area contributed by atoms with Gasteiger partial charge in [0, 0.05) is 17.4 Å². The maximum Gasteiger partial charge on any atom is 0.263 e. The summed E-state index contributed by atoms with van der Waals surface area (Å²) in [6.07, 6.45) is 2.23. The minimum absolute atomic E-state index is 0.0990. The van der Waals surface area contributed by atoms with Gasteiger partial charge < -0.3 is 4.52 Å². The quantitative estimate of drug-likeness (QED) is 0.562. The lowest BCUT2D eigenvalue weighted by Gasteiger charge is -2.04. The van der Waals surface area contributed by atoms with Gasteiger partial charge in [0.2, 0.25) is 5.89 Å². The van der Waals surface area contributed by atoms with Gasteiger partial charge in [-0.15, -0.1) is 11.3 Å². The molecule has 0 fully saturated rings. The fourth-order valence-corrected chi connectivity index (χ4v) is 3.58. The topological polar surface area (TPSA) is 73.8 Å². The molecule has 0 radical (unpaired) electrons. The third-order valence-electron chi connectivity index (χ3n) is 4.06. The van der Waals surface area contributed by atoms with Crippen molar-refractivity contribution in [2.24, 2.45) is 0 Å². The summed E-state index contributed by atoms with van der Waals surface area (Å²) in [5.41, 5.74) is 3.01. The molecule has 0 aliphatic rings. The highest BCUT2D eigenvalue weighted by molar-refractivity contribution is 7.17. The number of thiophene rings is 1. The molecule has 0 amide bonds. The average Bonchev–Trinajstić information content (AvgIpc) is 3.25. The van der Waals surface area contributed by atoms with Crippen LogP contribution >= 0.6 is 11.3 Å². The van der Waals surface area contributed by atoms with Crippen LogP contribution in [0, 0.1) is 6.92 Å². The largest absolute Gasteiger partial charge is 0.337 e. The second-order valence-electron chi connectivity index (χ2n) is 5.83. The summed E-state index contributed by atoms with van der Waals surface area (Å²) in [5.74, 6) is 1.04. The first-order valence-electron chi connectivity index (χ1n) is 8.01. The van der Waals surface area contributed by atoms with Gasteiger partial charge in [-0.05, 0) is 12.5 Å². The van der Waals surface area contributed by atoms with Gasteiger partial charge in [-0.1, -0.05) is 41.9 Å². The predicted molar refractivity (Wildman–Crippen MR) is 96.8 cm³/mol. The third kappa shape index (κ3) is 2.87. The van der Waals surface area contributed by atoms with E-state index in [2.05, 4.69) is 15.1 Å². The molecule has 4 rings (SSSR count). The molecule has 0 spiro atoms. The van der Waals surface area contributed by atoms with E-state index in [1.807, 2.05) is 43.5 Å². The van der Waals surface area contributed by atoms with Crippen LogP contribution in [0.25, 0.3) is 21.3 Å². The lowest BCUT2D eigenvalue weighted by atomic mass is 10.1. The van der Waals surface area contributed by atoms with Crippen LogP contribution in [0.1, 0.15) is 24.2 Å². The summed E-state index contributed by atoms with van der Waals surface area (Å²) in [4.78, 5) is 22.4. The molecule has 0 N–H and O–H groups in total. The van der Waals surface area contributed by atoms with E-state index in [0.29, 0.717) is 23.5 Å². The standard InChI is InChI=1S/C18H16N4O2S/c1-3-14-20-15(24-21-14)8-22-10-19-17-16(18(22)23)13(9-25-17)12-6-4-11(2)5-7-12/h4-7,9-10H,3,8H2,1-2H3. The number of aromatic nitrogens is 4. The van der Waals surface area contributed by atoms with Crippen molar-refractivity contribution in [2.45, 2.75) is 26.8 Å². The first-order chi connectivity index (χ1) is 12.2. The van der Waals surface area contributed by atoms with Gasteiger partial charge in [-0.2, -0.15) is 4.98 Å². The molecule has 0 atom stereocenters. The van der Waals surface area contributed by atoms with Gasteiger partial charge in [0.15, 0.2) is 5.82 Å². The highest BCUT2D eigenvalue weighted by Gasteiger charge is 2.15. The number of fused-ring (bicyclic) bond motifs is 1. The summed E-state index contributed by atoms with van der Waals surface area (Å²) in [5, 5.41) is 6.48. The van der Waals surface area contributed by atoms with Crippen molar-refractivity contribution in [1.82, 2.24) is 19.7 Å². The van der Waals surface area contributed by atoms with Gasteiger partial charge in [-0.3, -0.25) is 9.36 Å². The van der Waals surface area contributed by atoms with Crippen molar-refractivity contribution >= 4 is 21.6 Å². The molecule has 0 aliphatic heterocycles. The van der Waals surface area contributed by atoms with Crippen molar-refractivity contribution in [3.63, 3.8) is 0 Å². The molecule has 126 valence electrons. The molecular weight excluding hydrogens is 336 g/mol. The Kier molecular flexibility index (Phi) is 3.93. The molecule has 25 heavy (non-hydrogen) atoms. The van der Waals surface area contributed by atoms with Gasteiger partial charge in [0.05, 0.1) is 11.7 Å². The lowest BCUT2D eigenvalue weighted by Crippen LogP contribution is -2.21. The molecule has 0 bridgehead atoms. The van der Waals surface area contributed by atoms with Crippen molar-refractivity contribution in [2.75, 3.05) is 0 Å². The second kappa shape index (κ2) is 6.25. The van der Waals surface area contributed by atoms with Crippen molar-refractivity contribution in [1.29, 1.82) is 0 Å². The van der Waals surface area contributed by atoms with Gasteiger partial charge in [0.25, 0.3) is 5.56 Å². The van der Waals surface area contributed by atoms with E-state index < -0.39 is 0 Å². The first kappa shape index (κ1) is 15.7. The van der Waals surface area contributed by atoms with Crippen molar-refractivity contribution in [3.8, 4) is 11.1 Å². The van der Waals surface area contributed by atoms with Crippen LogP contribution in [0.3, 0.4) is 0 Å². The Morgan fingerprint density at radius 2 is 2.04 bits per heavy atom. The van der Waals surface area contributed by atoms with E-state index in [9.17, 15) is 4.79 Å². The number of nitrogens with zero attached hydrogens (tertiary/aromatic N) is 4. The Bertz CT molecular complexity index is 1090. The van der Waals surface area contributed by atoms with Gasteiger partial charge >= 0.3 is 0 Å². The van der Waals surface area contributed by atoms with Crippen LogP contribution in [-0.2, 0) is 13.0 Å². The molecule has 7 heteroatoms. The smallest absolute Gasteiger partial charge is 0.263 e. The van der Waals surface area contributed by atoms with Crippen molar-refractivity contribution < 1.29 is 4.52 Å². The SMILES string of the molecule is CCc1noc(Cn2cnc3scc(-c4ccc(C)cc4)c3c2=O)n1. The molecule has 3 aromatic heterocycles. The molecule has 0 saturated heterocycles. The van der Waals surface area contributed by atoms with E-state index >= 15 is 0 Å². The summed E-state index contributed by atoms with van der Waals surface area (Å²) < 4.78 is 6.70. The summed E-state index contributed by atoms with van der Waals surface area (Å²) in [6.45, 7) is 4.21. The highest BCUT2D eigenvalue weighted by Crippen LogP contribution is 2.30. The van der Waals surface area contributed by atoms with Gasteiger partial charge in [0.1, 0.15) is 11.4 Å². The number of benzene rings is 1. The Labute approximate surface area is 147 Å².